The quantitative estimate of drug-likeness (QED) is 0.875. The van der Waals surface area contributed by atoms with Crippen molar-refractivity contribution in [1.82, 2.24) is 20.1 Å². The van der Waals surface area contributed by atoms with Crippen LogP contribution >= 0.6 is 0 Å². The first kappa shape index (κ1) is 17.6. The number of nitrogens with two attached hydrogens (primary N) is 1. The molecule has 0 aliphatic heterocycles. The molecular formula is C19H27N5O. The van der Waals surface area contributed by atoms with Crippen LogP contribution in [0, 0.1) is 19.8 Å². The summed E-state index contributed by atoms with van der Waals surface area (Å²) in [6.45, 7) is 4.41. The number of hydrogen-bond acceptors (Lipinski definition) is 4. The number of amides is 1. The molecule has 0 spiro atoms. The van der Waals surface area contributed by atoms with Crippen molar-refractivity contribution in [2.75, 3.05) is 6.54 Å². The summed E-state index contributed by atoms with van der Waals surface area (Å²) >= 11 is 0. The number of nitrogens with one attached hydrogen (secondary N) is 1. The van der Waals surface area contributed by atoms with Gasteiger partial charge in [-0.15, -0.1) is 0 Å². The number of hydrogen-bond donors (Lipinski definition) is 2. The first-order valence-electron chi connectivity index (χ1n) is 9.09. The fraction of sp³-hybridized carbons (Fsp3) is 0.526. The minimum absolute atomic E-state index is 0.0449. The van der Waals surface area contributed by atoms with Gasteiger partial charge in [0.1, 0.15) is 0 Å². The van der Waals surface area contributed by atoms with E-state index in [1.54, 1.807) is 16.9 Å². The van der Waals surface area contributed by atoms with E-state index in [0.717, 1.165) is 24.2 Å². The highest BCUT2D eigenvalue weighted by Crippen LogP contribution is 2.26. The first-order valence-corrected chi connectivity index (χ1v) is 9.09. The van der Waals surface area contributed by atoms with Gasteiger partial charge in [-0.2, -0.15) is 5.10 Å². The Balaban J connectivity index is 1.68. The van der Waals surface area contributed by atoms with Crippen molar-refractivity contribution in [3.63, 3.8) is 0 Å². The van der Waals surface area contributed by atoms with E-state index in [2.05, 4.69) is 15.4 Å². The third kappa shape index (κ3) is 4.07. The first-order chi connectivity index (χ1) is 12.1. The zero-order valence-corrected chi connectivity index (χ0v) is 15.0. The van der Waals surface area contributed by atoms with Crippen LogP contribution < -0.4 is 11.1 Å². The van der Waals surface area contributed by atoms with Crippen LogP contribution in [0.15, 0.2) is 24.4 Å². The van der Waals surface area contributed by atoms with E-state index in [4.69, 9.17) is 5.73 Å². The maximum absolute atomic E-state index is 12.5. The van der Waals surface area contributed by atoms with Crippen molar-refractivity contribution >= 4 is 5.91 Å². The lowest BCUT2D eigenvalue weighted by Gasteiger charge is -2.30. The van der Waals surface area contributed by atoms with E-state index in [1.165, 1.54) is 19.3 Å². The van der Waals surface area contributed by atoms with Crippen molar-refractivity contribution in [2.24, 2.45) is 11.7 Å². The van der Waals surface area contributed by atoms with Gasteiger partial charge in [0.2, 0.25) is 0 Å². The van der Waals surface area contributed by atoms with Crippen LogP contribution in [0.4, 0.5) is 0 Å². The van der Waals surface area contributed by atoms with E-state index in [-0.39, 0.29) is 11.9 Å². The standard InChI is InChI=1S/C19H27N5O/c1-13-10-14(2)24(23-13)18-9-8-16(12-21-18)19(25)22-17(11-20)15-6-4-3-5-7-15/h8-10,12,15,17H,3-7,11,20H2,1-2H3,(H,22,25). The molecule has 134 valence electrons. The summed E-state index contributed by atoms with van der Waals surface area (Å²) in [4.78, 5) is 16.9. The van der Waals surface area contributed by atoms with Gasteiger partial charge in [0.15, 0.2) is 5.82 Å². The molecule has 1 aliphatic rings. The number of carbonyl (C=O) groups excluding carboxylic acids is 1. The fourth-order valence-electron chi connectivity index (χ4n) is 3.66. The molecule has 0 radical (unpaired) electrons. The fourth-order valence-corrected chi connectivity index (χ4v) is 3.66. The Labute approximate surface area is 148 Å². The summed E-state index contributed by atoms with van der Waals surface area (Å²) < 4.78 is 1.78. The van der Waals surface area contributed by atoms with Gasteiger partial charge in [-0.05, 0) is 50.8 Å². The molecule has 1 atom stereocenters. The summed E-state index contributed by atoms with van der Waals surface area (Å²) in [5.41, 5.74) is 8.42. The number of carbonyl (C=O) groups is 1. The van der Waals surface area contributed by atoms with Gasteiger partial charge in [0, 0.05) is 24.5 Å². The van der Waals surface area contributed by atoms with Crippen molar-refractivity contribution in [2.45, 2.75) is 52.0 Å². The van der Waals surface area contributed by atoms with Crippen LogP contribution in [-0.2, 0) is 0 Å². The molecule has 6 nitrogen and oxygen atoms in total. The number of nitrogens with zero attached hydrogens (tertiary/aromatic N) is 3. The van der Waals surface area contributed by atoms with E-state index in [0.29, 0.717) is 23.8 Å². The average Bonchev–Trinajstić information content (AvgIpc) is 2.98. The minimum atomic E-state index is -0.103. The summed E-state index contributed by atoms with van der Waals surface area (Å²) in [5.74, 6) is 1.10. The van der Waals surface area contributed by atoms with Gasteiger partial charge >= 0.3 is 0 Å². The summed E-state index contributed by atoms with van der Waals surface area (Å²) in [5, 5.41) is 7.52. The number of pyridine rings is 1. The van der Waals surface area contributed by atoms with Gasteiger partial charge in [-0.25, -0.2) is 9.67 Å². The molecular weight excluding hydrogens is 314 g/mol. The molecule has 1 aliphatic carbocycles. The summed E-state index contributed by atoms with van der Waals surface area (Å²) in [6.07, 6.45) is 7.66. The molecule has 1 amide bonds. The monoisotopic (exact) mass is 341 g/mol. The molecule has 2 aromatic heterocycles. The molecule has 1 unspecified atom stereocenters. The number of rotatable bonds is 5. The Hall–Kier alpha value is -2.21. The Morgan fingerprint density at radius 3 is 2.64 bits per heavy atom. The maximum atomic E-state index is 12.5. The van der Waals surface area contributed by atoms with Crippen molar-refractivity contribution in [1.29, 1.82) is 0 Å². The highest BCUT2D eigenvalue weighted by molar-refractivity contribution is 5.94. The Morgan fingerprint density at radius 1 is 1.32 bits per heavy atom. The lowest BCUT2D eigenvalue weighted by atomic mass is 9.84. The maximum Gasteiger partial charge on any atom is 0.253 e. The summed E-state index contributed by atoms with van der Waals surface area (Å²) in [6, 6.07) is 5.66. The van der Waals surface area contributed by atoms with Crippen LogP contribution in [0.2, 0.25) is 0 Å². The Kier molecular flexibility index (Phi) is 5.48. The smallest absolute Gasteiger partial charge is 0.253 e. The van der Waals surface area contributed by atoms with Gasteiger partial charge in [0.05, 0.1) is 11.3 Å². The lowest BCUT2D eigenvalue weighted by Crippen LogP contribution is -2.45. The van der Waals surface area contributed by atoms with Crippen LogP contribution in [0.1, 0.15) is 53.8 Å². The molecule has 0 aromatic carbocycles. The van der Waals surface area contributed by atoms with Gasteiger partial charge < -0.3 is 11.1 Å². The van der Waals surface area contributed by atoms with E-state index in [1.807, 2.05) is 26.0 Å². The molecule has 1 saturated carbocycles. The second-order valence-electron chi connectivity index (χ2n) is 6.96. The highest BCUT2D eigenvalue weighted by Gasteiger charge is 2.24. The van der Waals surface area contributed by atoms with E-state index < -0.39 is 0 Å². The van der Waals surface area contributed by atoms with Crippen LogP contribution in [0.5, 0.6) is 0 Å². The van der Waals surface area contributed by atoms with Crippen molar-refractivity contribution < 1.29 is 4.79 Å². The Morgan fingerprint density at radius 2 is 2.08 bits per heavy atom. The van der Waals surface area contributed by atoms with E-state index >= 15 is 0 Å². The molecule has 0 saturated heterocycles. The second kappa shape index (κ2) is 7.78. The zero-order chi connectivity index (χ0) is 17.8. The van der Waals surface area contributed by atoms with Gasteiger partial charge in [0.25, 0.3) is 5.91 Å². The number of aryl methyl sites for hydroxylation is 2. The highest BCUT2D eigenvalue weighted by atomic mass is 16.1. The second-order valence-corrected chi connectivity index (χ2v) is 6.96. The Bertz CT molecular complexity index is 716. The molecule has 6 heteroatoms. The molecule has 2 heterocycles. The van der Waals surface area contributed by atoms with Gasteiger partial charge in [-0.3, -0.25) is 4.79 Å². The topological polar surface area (TPSA) is 85.8 Å². The predicted molar refractivity (Wildman–Crippen MR) is 97.7 cm³/mol. The zero-order valence-electron chi connectivity index (χ0n) is 15.0. The third-order valence-electron chi connectivity index (χ3n) is 5.03. The molecule has 3 N–H and O–H groups in total. The molecule has 3 rings (SSSR count). The largest absolute Gasteiger partial charge is 0.348 e. The van der Waals surface area contributed by atoms with E-state index in [9.17, 15) is 4.79 Å². The average molecular weight is 341 g/mol. The molecule has 0 bridgehead atoms. The van der Waals surface area contributed by atoms with Crippen LogP contribution in [-0.4, -0.2) is 33.3 Å². The number of aromatic nitrogens is 3. The van der Waals surface area contributed by atoms with Crippen molar-refractivity contribution in [3.05, 3.63) is 41.3 Å². The molecule has 2 aromatic rings. The predicted octanol–water partition coefficient (Wildman–Crippen LogP) is 2.52. The van der Waals surface area contributed by atoms with Gasteiger partial charge in [-0.1, -0.05) is 19.3 Å². The van der Waals surface area contributed by atoms with Crippen LogP contribution in [0.25, 0.3) is 5.82 Å². The molecule has 25 heavy (non-hydrogen) atoms. The van der Waals surface area contributed by atoms with Crippen LogP contribution in [0.3, 0.4) is 0 Å². The normalized spacial score (nSPS) is 16.6. The summed E-state index contributed by atoms with van der Waals surface area (Å²) in [7, 11) is 0. The van der Waals surface area contributed by atoms with Crippen molar-refractivity contribution in [3.8, 4) is 5.82 Å². The lowest BCUT2D eigenvalue weighted by molar-refractivity contribution is 0.0915. The SMILES string of the molecule is Cc1cc(C)n(-c2ccc(C(=O)NC(CN)C3CCCCC3)cn2)n1. The minimum Gasteiger partial charge on any atom is -0.348 e. The molecule has 1 fully saturated rings. The third-order valence-corrected chi connectivity index (χ3v) is 5.03.